The highest BCUT2D eigenvalue weighted by atomic mass is 35.5. The summed E-state index contributed by atoms with van der Waals surface area (Å²) < 4.78 is 33.7. The third-order valence-electron chi connectivity index (χ3n) is 4.48. The number of hydrogen-bond donors (Lipinski definition) is 0. The van der Waals surface area contributed by atoms with E-state index in [0.717, 1.165) is 0 Å². The standard InChI is InChI=1S/C19H29ClN2O5S/c1-14(2)13-27-18-16(20)11-15(12-17(18)26-3)19(23)22-7-5-21(6-8-22)9-10-28(4,24)25/h11-12,14H,5-10,13H2,1-4H3. The average Bonchev–Trinajstić information content (AvgIpc) is 2.63. The van der Waals surface area contributed by atoms with Gasteiger partial charge in [0.05, 0.1) is 24.5 Å². The van der Waals surface area contributed by atoms with Crippen molar-refractivity contribution >= 4 is 27.3 Å². The van der Waals surface area contributed by atoms with Crippen LogP contribution in [-0.2, 0) is 9.84 Å². The van der Waals surface area contributed by atoms with Gasteiger partial charge >= 0.3 is 0 Å². The van der Waals surface area contributed by atoms with Crippen LogP contribution in [0.25, 0.3) is 0 Å². The maximum Gasteiger partial charge on any atom is 0.254 e. The highest BCUT2D eigenvalue weighted by Crippen LogP contribution is 2.37. The van der Waals surface area contributed by atoms with E-state index < -0.39 is 9.84 Å². The van der Waals surface area contributed by atoms with E-state index >= 15 is 0 Å². The first kappa shape index (κ1) is 22.8. The number of nitrogens with zero attached hydrogens (tertiary/aromatic N) is 2. The second-order valence-electron chi connectivity index (χ2n) is 7.46. The molecule has 0 unspecified atom stereocenters. The minimum atomic E-state index is -2.99. The molecule has 9 heteroatoms. The van der Waals surface area contributed by atoms with Crippen molar-refractivity contribution in [2.45, 2.75) is 13.8 Å². The van der Waals surface area contributed by atoms with Crippen molar-refractivity contribution in [3.63, 3.8) is 0 Å². The Bertz CT molecular complexity index is 790. The number of methoxy groups -OCH3 is 1. The summed E-state index contributed by atoms with van der Waals surface area (Å²) in [6.45, 7) is 7.41. The van der Waals surface area contributed by atoms with Gasteiger partial charge < -0.3 is 14.4 Å². The third-order valence-corrected chi connectivity index (χ3v) is 5.68. The summed E-state index contributed by atoms with van der Waals surface area (Å²) >= 11 is 6.35. The summed E-state index contributed by atoms with van der Waals surface area (Å²) in [5.41, 5.74) is 0.448. The van der Waals surface area contributed by atoms with Crippen LogP contribution >= 0.6 is 11.6 Å². The maximum absolute atomic E-state index is 12.9. The van der Waals surface area contributed by atoms with Crippen LogP contribution in [0.15, 0.2) is 12.1 Å². The van der Waals surface area contributed by atoms with Crippen molar-refractivity contribution in [2.75, 3.05) is 58.4 Å². The van der Waals surface area contributed by atoms with E-state index in [1.54, 1.807) is 17.0 Å². The Hall–Kier alpha value is -1.51. The molecule has 1 amide bonds. The SMILES string of the molecule is COc1cc(C(=O)N2CCN(CCS(C)(=O)=O)CC2)cc(Cl)c1OCC(C)C. The quantitative estimate of drug-likeness (QED) is 0.626. The largest absolute Gasteiger partial charge is 0.493 e. The zero-order valence-electron chi connectivity index (χ0n) is 16.9. The Morgan fingerprint density at radius 3 is 2.39 bits per heavy atom. The molecule has 1 saturated heterocycles. The molecule has 0 aromatic heterocycles. The number of carbonyl (C=O) groups excluding carboxylic acids is 1. The number of sulfone groups is 1. The lowest BCUT2D eigenvalue weighted by molar-refractivity contribution is 0.0643. The summed E-state index contributed by atoms with van der Waals surface area (Å²) in [7, 11) is -1.47. The van der Waals surface area contributed by atoms with Gasteiger partial charge in [0.2, 0.25) is 0 Å². The van der Waals surface area contributed by atoms with Crippen molar-refractivity contribution < 1.29 is 22.7 Å². The topological polar surface area (TPSA) is 76.2 Å². The van der Waals surface area contributed by atoms with Crippen molar-refractivity contribution in [1.82, 2.24) is 9.80 Å². The van der Waals surface area contributed by atoms with Gasteiger partial charge in [0.25, 0.3) is 5.91 Å². The fourth-order valence-corrected chi connectivity index (χ4v) is 3.74. The van der Waals surface area contributed by atoms with Crippen molar-refractivity contribution in [3.05, 3.63) is 22.7 Å². The lowest BCUT2D eigenvalue weighted by Crippen LogP contribution is -2.49. The molecule has 1 aliphatic rings. The molecule has 2 rings (SSSR count). The number of halogens is 1. The molecule has 0 N–H and O–H groups in total. The number of amides is 1. The van der Waals surface area contributed by atoms with E-state index in [9.17, 15) is 13.2 Å². The van der Waals surface area contributed by atoms with E-state index in [0.29, 0.717) is 67.3 Å². The zero-order valence-corrected chi connectivity index (χ0v) is 18.5. The van der Waals surface area contributed by atoms with Crippen molar-refractivity contribution in [2.24, 2.45) is 5.92 Å². The van der Waals surface area contributed by atoms with Crippen molar-refractivity contribution in [1.29, 1.82) is 0 Å². The Kier molecular flexibility index (Phi) is 7.97. The van der Waals surface area contributed by atoms with Crippen LogP contribution in [0.1, 0.15) is 24.2 Å². The molecule has 0 bridgehead atoms. The minimum Gasteiger partial charge on any atom is -0.493 e. The van der Waals surface area contributed by atoms with Gasteiger partial charge in [-0.25, -0.2) is 8.42 Å². The van der Waals surface area contributed by atoms with Gasteiger partial charge in [-0.15, -0.1) is 0 Å². The molecule has 1 aromatic rings. The normalized spacial score (nSPS) is 15.7. The highest BCUT2D eigenvalue weighted by Gasteiger charge is 2.24. The van der Waals surface area contributed by atoms with Gasteiger partial charge in [0.15, 0.2) is 11.5 Å². The predicted octanol–water partition coefficient (Wildman–Crippen LogP) is 2.19. The van der Waals surface area contributed by atoms with Gasteiger partial charge in [0.1, 0.15) is 9.84 Å². The van der Waals surface area contributed by atoms with Gasteiger partial charge in [-0.05, 0) is 18.1 Å². The summed E-state index contributed by atoms with van der Waals surface area (Å²) in [6, 6.07) is 3.26. The Morgan fingerprint density at radius 2 is 1.86 bits per heavy atom. The van der Waals surface area contributed by atoms with Crippen LogP contribution in [0.3, 0.4) is 0 Å². The van der Waals surface area contributed by atoms with Crippen LogP contribution < -0.4 is 9.47 Å². The lowest BCUT2D eigenvalue weighted by Gasteiger charge is -2.34. The van der Waals surface area contributed by atoms with Gasteiger partial charge in [-0.3, -0.25) is 9.69 Å². The smallest absolute Gasteiger partial charge is 0.254 e. The highest BCUT2D eigenvalue weighted by molar-refractivity contribution is 7.90. The Morgan fingerprint density at radius 1 is 1.21 bits per heavy atom. The first-order valence-corrected chi connectivity index (χ1v) is 11.7. The minimum absolute atomic E-state index is 0.127. The molecule has 0 aliphatic carbocycles. The first-order chi connectivity index (χ1) is 13.1. The van der Waals surface area contributed by atoms with Gasteiger partial charge in [0, 0.05) is 44.5 Å². The van der Waals surface area contributed by atoms with Crippen LogP contribution in [0.5, 0.6) is 11.5 Å². The van der Waals surface area contributed by atoms with Crippen LogP contribution in [-0.4, -0.2) is 82.6 Å². The molecule has 0 radical (unpaired) electrons. The third kappa shape index (κ3) is 6.53. The van der Waals surface area contributed by atoms with E-state index in [-0.39, 0.29) is 11.7 Å². The fourth-order valence-electron chi connectivity index (χ4n) is 2.89. The fraction of sp³-hybridized carbons (Fsp3) is 0.632. The van der Waals surface area contributed by atoms with Crippen LogP contribution in [0, 0.1) is 5.92 Å². The number of ether oxygens (including phenoxy) is 2. The van der Waals surface area contributed by atoms with E-state index in [1.807, 2.05) is 13.8 Å². The molecule has 1 heterocycles. The molecule has 1 aromatic carbocycles. The average molecular weight is 433 g/mol. The maximum atomic E-state index is 12.9. The monoisotopic (exact) mass is 432 g/mol. The molecule has 158 valence electrons. The molecule has 0 saturated carbocycles. The number of hydrogen-bond acceptors (Lipinski definition) is 6. The van der Waals surface area contributed by atoms with Gasteiger partial charge in [-0.1, -0.05) is 25.4 Å². The van der Waals surface area contributed by atoms with Gasteiger partial charge in [-0.2, -0.15) is 0 Å². The molecule has 1 fully saturated rings. The summed E-state index contributed by atoms with van der Waals surface area (Å²) in [4.78, 5) is 16.7. The summed E-state index contributed by atoms with van der Waals surface area (Å²) in [5, 5.41) is 0.343. The lowest BCUT2D eigenvalue weighted by atomic mass is 10.1. The number of rotatable bonds is 8. The zero-order chi connectivity index (χ0) is 20.9. The van der Waals surface area contributed by atoms with E-state index in [4.69, 9.17) is 21.1 Å². The van der Waals surface area contributed by atoms with Crippen molar-refractivity contribution in [3.8, 4) is 11.5 Å². The van der Waals surface area contributed by atoms with Crippen LogP contribution in [0.2, 0.25) is 5.02 Å². The summed E-state index contributed by atoms with van der Waals surface area (Å²) in [5.74, 6) is 1.22. The Labute approximate surface area is 172 Å². The predicted molar refractivity (Wildman–Crippen MR) is 110 cm³/mol. The first-order valence-electron chi connectivity index (χ1n) is 9.30. The number of carbonyl (C=O) groups is 1. The molecule has 7 nitrogen and oxygen atoms in total. The van der Waals surface area contributed by atoms with Crippen LogP contribution in [0.4, 0.5) is 0 Å². The summed E-state index contributed by atoms with van der Waals surface area (Å²) in [6.07, 6.45) is 1.23. The molecule has 0 atom stereocenters. The molecular formula is C19H29ClN2O5S. The number of benzene rings is 1. The number of piperazine rings is 1. The molecule has 28 heavy (non-hydrogen) atoms. The molecule has 0 spiro atoms. The molecular weight excluding hydrogens is 404 g/mol. The second kappa shape index (κ2) is 9.80. The van der Waals surface area contributed by atoms with E-state index in [2.05, 4.69) is 4.90 Å². The van der Waals surface area contributed by atoms with E-state index in [1.165, 1.54) is 13.4 Å². The molecule has 1 aliphatic heterocycles. The second-order valence-corrected chi connectivity index (χ2v) is 10.1. The Balaban J connectivity index is 2.03.